The molecule has 1 saturated carbocycles. The smallest absolute Gasteiger partial charge is 0.341 e. The van der Waals surface area contributed by atoms with Crippen LogP contribution in [0.2, 0.25) is 0 Å². The lowest BCUT2D eigenvalue weighted by molar-refractivity contribution is 0.00905. The van der Waals surface area contributed by atoms with Gasteiger partial charge < -0.3 is 4.74 Å². The van der Waals surface area contributed by atoms with E-state index in [1.165, 1.54) is 6.07 Å². The van der Waals surface area contributed by atoms with Gasteiger partial charge in [-0.1, -0.05) is 26.0 Å². The molecular formula is C16H21FO2. The Morgan fingerprint density at radius 1 is 1.32 bits per heavy atom. The van der Waals surface area contributed by atoms with Crippen LogP contribution in [-0.2, 0) is 4.74 Å². The Bertz CT molecular complexity index is 470. The van der Waals surface area contributed by atoms with Gasteiger partial charge in [-0.25, -0.2) is 9.18 Å². The predicted octanol–water partition coefficient (Wildman–Crippen LogP) is 4.26. The van der Waals surface area contributed by atoms with E-state index in [0.717, 1.165) is 25.7 Å². The first-order valence-corrected chi connectivity index (χ1v) is 6.85. The van der Waals surface area contributed by atoms with E-state index in [2.05, 4.69) is 13.8 Å². The molecule has 2 nitrogen and oxygen atoms in total. The summed E-state index contributed by atoms with van der Waals surface area (Å²) in [5.41, 5.74) is 0.848. The zero-order valence-electron chi connectivity index (χ0n) is 11.8. The van der Waals surface area contributed by atoms with Gasteiger partial charge >= 0.3 is 5.97 Å². The number of rotatable bonds is 2. The second kappa shape index (κ2) is 5.32. The van der Waals surface area contributed by atoms with Gasteiger partial charge in [-0.3, -0.25) is 0 Å². The highest BCUT2D eigenvalue weighted by atomic mass is 19.1. The van der Waals surface area contributed by atoms with Gasteiger partial charge in [-0.2, -0.15) is 0 Å². The molecule has 1 fully saturated rings. The summed E-state index contributed by atoms with van der Waals surface area (Å²) in [6, 6.07) is 4.81. The van der Waals surface area contributed by atoms with Crippen LogP contribution in [0.4, 0.5) is 4.39 Å². The zero-order chi connectivity index (χ0) is 14.0. The van der Waals surface area contributed by atoms with E-state index >= 15 is 0 Å². The molecule has 1 aliphatic carbocycles. The molecule has 1 aromatic carbocycles. The predicted molar refractivity (Wildman–Crippen MR) is 72.6 cm³/mol. The molecule has 0 heterocycles. The molecule has 0 atom stereocenters. The van der Waals surface area contributed by atoms with Crippen molar-refractivity contribution in [3.05, 3.63) is 35.1 Å². The number of hydrogen-bond donors (Lipinski definition) is 0. The van der Waals surface area contributed by atoms with Crippen LogP contribution in [-0.4, -0.2) is 12.1 Å². The maximum atomic E-state index is 13.8. The lowest BCUT2D eigenvalue weighted by Gasteiger charge is -2.33. The van der Waals surface area contributed by atoms with E-state index in [-0.39, 0.29) is 11.7 Å². The molecule has 1 aliphatic rings. The zero-order valence-corrected chi connectivity index (χ0v) is 11.8. The van der Waals surface area contributed by atoms with Crippen molar-refractivity contribution in [2.24, 2.45) is 5.41 Å². The number of halogens is 1. The van der Waals surface area contributed by atoms with Gasteiger partial charge in [0.2, 0.25) is 0 Å². The highest BCUT2D eigenvalue weighted by Gasteiger charge is 2.29. The molecule has 0 spiro atoms. The summed E-state index contributed by atoms with van der Waals surface area (Å²) in [6.45, 7) is 6.10. The molecule has 3 heteroatoms. The molecule has 0 amide bonds. The summed E-state index contributed by atoms with van der Waals surface area (Å²) in [5.74, 6) is -1.01. The molecule has 2 rings (SSSR count). The van der Waals surface area contributed by atoms with Gasteiger partial charge in [0.05, 0.1) is 5.56 Å². The highest BCUT2D eigenvalue weighted by molar-refractivity contribution is 5.90. The average molecular weight is 264 g/mol. The summed E-state index contributed by atoms with van der Waals surface area (Å²) in [6.07, 6.45) is 3.75. The molecule has 104 valence electrons. The van der Waals surface area contributed by atoms with Crippen molar-refractivity contribution in [1.82, 2.24) is 0 Å². The van der Waals surface area contributed by atoms with Crippen LogP contribution < -0.4 is 0 Å². The summed E-state index contributed by atoms with van der Waals surface area (Å²) >= 11 is 0. The molecule has 0 aliphatic heterocycles. The van der Waals surface area contributed by atoms with E-state index in [0.29, 0.717) is 11.0 Å². The monoisotopic (exact) mass is 264 g/mol. The molecule has 1 aromatic rings. The van der Waals surface area contributed by atoms with E-state index < -0.39 is 11.8 Å². The van der Waals surface area contributed by atoms with Crippen molar-refractivity contribution in [3.63, 3.8) is 0 Å². The number of ether oxygens (including phenoxy) is 1. The van der Waals surface area contributed by atoms with Gasteiger partial charge in [0.15, 0.2) is 0 Å². The Labute approximate surface area is 114 Å². The second-order valence-corrected chi connectivity index (χ2v) is 6.21. The van der Waals surface area contributed by atoms with Crippen molar-refractivity contribution in [2.45, 2.75) is 52.6 Å². The van der Waals surface area contributed by atoms with Crippen molar-refractivity contribution in [3.8, 4) is 0 Å². The maximum absolute atomic E-state index is 13.8. The quantitative estimate of drug-likeness (QED) is 0.746. The minimum Gasteiger partial charge on any atom is -0.459 e. The third-order valence-corrected chi connectivity index (χ3v) is 3.97. The van der Waals surface area contributed by atoms with E-state index in [9.17, 15) is 9.18 Å². The van der Waals surface area contributed by atoms with Crippen LogP contribution in [0.5, 0.6) is 0 Å². The molecule has 0 radical (unpaired) electrons. The number of aryl methyl sites for hydroxylation is 1. The van der Waals surface area contributed by atoms with Crippen LogP contribution in [0.25, 0.3) is 0 Å². The molecular weight excluding hydrogens is 243 g/mol. The van der Waals surface area contributed by atoms with Crippen molar-refractivity contribution >= 4 is 5.97 Å². The first-order chi connectivity index (χ1) is 8.89. The largest absolute Gasteiger partial charge is 0.459 e. The third kappa shape index (κ3) is 3.34. The fourth-order valence-corrected chi connectivity index (χ4v) is 2.51. The molecule has 0 aromatic heterocycles. The second-order valence-electron chi connectivity index (χ2n) is 6.21. The minimum atomic E-state index is -0.536. The topological polar surface area (TPSA) is 26.3 Å². The lowest BCUT2D eigenvalue weighted by atomic mass is 9.76. The molecule has 0 unspecified atom stereocenters. The van der Waals surface area contributed by atoms with Crippen LogP contribution in [0, 0.1) is 18.2 Å². The average Bonchev–Trinajstić information content (AvgIpc) is 2.35. The van der Waals surface area contributed by atoms with Crippen LogP contribution in [0.1, 0.15) is 55.5 Å². The molecule has 0 N–H and O–H groups in total. The SMILES string of the molecule is Cc1cccc(C(=O)OC2CCC(C)(C)CC2)c1F. The van der Waals surface area contributed by atoms with Crippen LogP contribution in [0.15, 0.2) is 18.2 Å². The number of benzene rings is 1. The number of hydrogen-bond acceptors (Lipinski definition) is 2. The van der Waals surface area contributed by atoms with Crippen molar-refractivity contribution < 1.29 is 13.9 Å². The highest BCUT2D eigenvalue weighted by Crippen LogP contribution is 2.36. The van der Waals surface area contributed by atoms with Gasteiger partial charge in [0, 0.05) is 0 Å². The number of carbonyl (C=O) groups excluding carboxylic acids is 1. The Morgan fingerprint density at radius 3 is 2.58 bits per heavy atom. The fourth-order valence-electron chi connectivity index (χ4n) is 2.51. The molecule has 0 saturated heterocycles. The summed E-state index contributed by atoms with van der Waals surface area (Å²) in [7, 11) is 0. The van der Waals surface area contributed by atoms with Gasteiger partial charge in [0.1, 0.15) is 11.9 Å². The van der Waals surface area contributed by atoms with Gasteiger partial charge in [-0.05, 0) is 49.7 Å². The normalized spacial score (nSPS) is 19.2. The number of esters is 1. The number of carbonyl (C=O) groups is 1. The van der Waals surface area contributed by atoms with Crippen LogP contribution in [0.3, 0.4) is 0 Å². The first kappa shape index (κ1) is 14.0. The fraction of sp³-hybridized carbons (Fsp3) is 0.562. The molecule has 19 heavy (non-hydrogen) atoms. The Morgan fingerprint density at radius 2 is 1.95 bits per heavy atom. The van der Waals surface area contributed by atoms with E-state index in [1.807, 2.05) is 0 Å². The third-order valence-electron chi connectivity index (χ3n) is 3.97. The van der Waals surface area contributed by atoms with Gasteiger partial charge in [-0.15, -0.1) is 0 Å². The summed E-state index contributed by atoms with van der Waals surface area (Å²) in [5, 5.41) is 0. The van der Waals surface area contributed by atoms with E-state index in [1.54, 1.807) is 19.1 Å². The molecule has 0 bridgehead atoms. The van der Waals surface area contributed by atoms with Crippen LogP contribution >= 0.6 is 0 Å². The van der Waals surface area contributed by atoms with Crippen molar-refractivity contribution in [1.29, 1.82) is 0 Å². The summed E-state index contributed by atoms with van der Waals surface area (Å²) in [4.78, 5) is 12.0. The Hall–Kier alpha value is -1.38. The lowest BCUT2D eigenvalue weighted by Crippen LogP contribution is -2.28. The van der Waals surface area contributed by atoms with Crippen molar-refractivity contribution in [2.75, 3.05) is 0 Å². The summed E-state index contributed by atoms with van der Waals surface area (Å²) < 4.78 is 19.3. The minimum absolute atomic E-state index is 0.0461. The standard InChI is InChI=1S/C16H21FO2/c1-11-5-4-6-13(14(11)17)15(18)19-12-7-9-16(2,3)10-8-12/h4-6,12H,7-10H2,1-3H3. The van der Waals surface area contributed by atoms with E-state index in [4.69, 9.17) is 4.74 Å². The Kier molecular flexibility index (Phi) is 3.93. The maximum Gasteiger partial charge on any atom is 0.341 e. The Balaban J connectivity index is 2.00. The first-order valence-electron chi connectivity index (χ1n) is 6.85. The van der Waals surface area contributed by atoms with Gasteiger partial charge in [0.25, 0.3) is 0 Å².